The Morgan fingerprint density at radius 1 is 1.03 bits per heavy atom. The minimum atomic E-state index is -3.53. The highest BCUT2D eigenvalue weighted by Gasteiger charge is 2.16. The van der Waals surface area contributed by atoms with E-state index in [9.17, 15) is 12.6 Å². The lowest BCUT2D eigenvalue weighted by Gasteiger charge is -2.13. The molecule has 3 aromatic rings. The fraction of sp³-hybridized carbons (Fsp3) is 0.150. The Morgan fingerprint density at radius 3 is 2.32 bits per heavy atom. The molecule has 3 N–H and O–H groups in total. The van der Waals surface area contributed by atoms with Crippen LogP contribution in [0.2, 0.25) is 0 Å². The number of hydrogen-bond acceptors (Lipinski definition) is 8. The van der Waals surface area contributed by atoms with Crippen LogP contribution < -0.4 is 15.4 Å². The third kappa shape index (κ3) is 5.85. The predicted molar refractivity (Wildman–Crippen MR) is 119 cm³/mol. The van der Waals surface area contributed by atoms with Crippen LogP contribution in [0, 0.1) is 11.3 Å². The molecule has 0 spiro atoms. The molecule has 11 heteroatoms. The lowest BCUT2D eigenvalue weighted by atomic mass is 10.1. The molecule has 0 radical (unpaired) electrons. The van der Waals surface area contributed by atoms with E-state index < -0.39 is 20.8 Å². The minimum absolute atomic E-state index is 0.0607. The summed E-state index contributed by atoms with van der Waals surface area (Å²) < 4.78 is 39.1. The molecule has 31 heavy (non-hydrogen) atoms. The molecule has 0 saturated carbocycles. The zero-order chi connectivity index (χ0) is 22.4. The van der Waals surface area contributed by atoms with Crippen LogP contribution in [0.4, 0.5) is 23.0 Å². The van der Waals surface area contributed by atoms with Gasteiger partial charge in [-0.05, 0) is 42.9 Å². The quantitative estimate of drug-likeness (QED) is 0.470. The van der Waals surface area contributed by atoms with Gasteiger partial charge in [0.25, 0.3) is 0 Å². The number of sulfone groups is 1. The van der Waals surface area contributed by atoms with Crippen LogP contribution in [0.3, 0.4) is 0 Å². The van der Waals surface area contributed by atoms with Crippen LogP contribution in [-0.4, -0.2) is 35.9 Å². The first-order valence-corrected chi connectivity index (χ1v) is 12.1. The van der Waals surface area contributed by atoms with E-state index in [0.29, 0.717) is 23.0 Å². The average molecular weight is 457 g/mol. The monoisotopic (exact) mass is 456 g/mol. The van der Waals surface area contributed by atoms with Gasteiger partial charge in [0.15, 0.2) is 9.84 Å². The minimum Gasteiger partial charge on any atom is -0.340 e. The van der Waals surface area contributed by atoms with Gasteiger partial charge >= 0.3 is 0 Å². The van der Waals surface area contributed by atoms with Crippen molar-refractivity contribution in [3.63, 3.8) is 0 Å². The van der Waals surface area contributed by atoms with E-state index in [1.807, 2.05) is 24.3 Å². The Labute approximate surface area is 183 Å². The predicted octanol–water partition coefficient (Wildman–Crippen LogP) is 2.68. The molecule has 1 aromatic heterocycles. The first kappa shape index (κ1) is 22.4. The molecular weight excluding hydrogens is 436 g/mol. The third-order valence-corrected chi connectivity index (χ3v) is 6.40. The summed E-state index contributed by atoms with van der Waals surface area (Å²) >= 11 is 0. The van der Waals surface area contributed by atoms with Gasteiger partial charge in [-0.1, -0.05) is 12.1 Å². The Bertz CT molecular complexity index is 1250. The Hall–Kier alpha value is -3.33. The molecule has 2 aromatic carbocycles. The summed E-state index contributed by atoms with van der Waals surface area (Å²) in [5, 5.41) is 14.9. The highest BCUT2D eigenvalue weighted by molar-refractivity contribution is 7.90. The maximum atomic E-state index is 12.2. The van der Waals surface area contributed by atoms with Crippen LogP contribution in [0.25, 0.3) is 0 Å². The Balaban J connectivity index is 1.88. The molecule has 9 nitrogen and oxygen atoms in total. The molecule has 1 unspecified atom stereocenters. The second-order valence-corrected chi connectivity index (χ2v) is 9.87. The number of nitrogens with one attached hydrogen (secondary N) is 3. The van der Waals surface area contributed by atoms with E-state index in [1.165, 1.54) is 24.5 Å². The van der Waals surface area contributed by atoms with E-state index in [-0.39, 0.29) is 10.6 Å². The van der Waals surface area contributed by atoms with Crippen molar-refractivity contribution in [1.82, 2.24) is 14.7 Å². The van der Waals surface area contributed by atoms with Gasteiger partial charge in [-0.25, -0.2) is 27.3 Å². The molecule has 0 aliphatic heterocycles. The topological polar surface area (TPSA) is 137 Å². The Morgan fingerprint density at radius 2 is 1.71 bits per heavy atom. The maximum absolute atomic E-state index is 12.2. The van der Waals surface area contributed by atoms with E-state index >= 15 is 0 Å². The van der Waals surface area contributed by atoms with Crippen molar-refractivity contribution in [2.24, 2.45) is 0 Å². The standard InChI is InChI=1S/C20H20N6O3S2/c1-22-30(27)16-7-8-18(31(2,28)29)17(11-16)26-20-12-19(23-13-24-20)25-15-5-3-14(4-6-15)9-10-21/h3-8,11-13,22H,9H2,1-2H3,(H2,23,24,25,26). The van der Waals surface area contributed by atoms with Gasteiger partial charge in [-0.15, -0.1) is 0 Å². The second kappa shape index (κ2) is 9.65. The molecule has 0 fully saturated rings. The SMILES string of the molecule is CNS(=O)c1ccc(S(C)(=O)=O)c(Nc2cc(Nc3ccc(CC#N)cc3)ncn2)c1. The number of aromatic nitrogens is 2. The van der Waals surface area contributed by atoms with Gasteiger partial charge < -0.3 is 10.6 Å². The van der Waals surface area contributed by atoms with Gasteiger partial charge in [-0.3, -0.25) is 0 Å². The molecule has 3 rings (SSSR count). The van der Waals surface area contributed by atoms with Crippen molar-refractivity contribution < 1.29 is 12.6 Å². The molecule has 0 aliphatic rings. The number of hydrogen-bond donors (Lipinski definition) is 3. The summed E-state index contributed by atoms with van der Waals surface area (Å²) in [7, 11) is -3.47. The van der Waals surface area contributed by atoms with Crippen LogP contribution in [0.5, 0.6) is 0 Å². The number of nitrogens with zero attached hydrogens (tertiary/aromatic N) is 3. The zero-order valence-electron chi connectivity index (χ0n) is 16.8. The lowest BCUT2D eigenvalue weighted by Crippen LogP contribution is -2.12. The number of anilines is 4. The maximum Gasteiger partial charge on any atom is 0.177 e. The van der Waals surface area contributed by atoms with Crippen LogP contribution in [0.15, 0.2) is 64.6 Å². The third-order valence-electron chi connectivity index (χ3n) is 4.19. The van der Waals surface area contributed by atoms with Crippen molar-refractivity contribution in [2.45, 2.75) is 16.2 Å². The number of nitriles is 1. The first-order chi connectivity index (χ1) is 14.8. The summed E-state index contributed by atoms with van der Waals surface area (Å²) in [6, 6.07) is 15.5. The largest absolute Gasteiger partial charge is 0.340 e. The highest BCUT2D eigenvalue weighted by atomic mass is 32.2. The van der Waals surface area contributed by atoms with Crippen molar-refractivity contribution in [2.75, 3.05) is 23.9 Å². The van der Waals surface area contributed by atoms with Gasteiger partial charge in [0.05, 0.1) is 28.0 Å². The molecule has 1 heterocycles. The highest BCUT2D eigenvalue weighted by Crippen LogP contribution is 2.27. The Kier molecular flexibility index (Phi) is 6.96. The number of rotatable bonds is 8. The van der Waals surface area contributed by atoms with Crippen LogP contribution >= 0.6 is 0 Å². The fourth-order valence-electron chi connectivity index (χ4n) is 2.74. The van der Waals surface area contributed by atoms with Gasteiger partial charge in [0, 0.05) is 18.0 Å². The van der Waals surface area contributed by atoms with E-state index in [2.05, 4.69) is 31.4 Å². The van der Waals surface area contributed by atoms with Gasteiger partial charge in [0.1, 0.15) is 28.9 Å². The summed E-state index contributed by atoms with van der Waals surface area (Å²) in [5.74, 6) is 0.845. The van der Waals surface area contributed by atoms with E-state index in [1.54, 1.807) is 13.1 Å². The first-order valence-electron chi connectivity index (χ1n) is 9.05. The molecule has 1 atom stereocenters. The zero-order valence-corrected chi connectivity index (χ0v) is 18.4. The molecular formula is C20H20N6O3S2. The van der Waals surface area contributed by atoms with Crippen molar-refractivity contribution >= 4 is 43.8 Å². The second-order valence-electron chi connectivity index (χ2n) is 6.47. The van der Waals surface area contributed by atoms with E-state index in [4.69, 9.17) is 5.26 Å². The molecule has 0 aliphatic carbocycles. The smallest absolute Gasteiger partial charge is 0.177 e. The van der Waals surface area contributed by atoms with Gasteiger partial charge in [-0.2, -0.15) is 5.26 Å². The van der Waals surface area contributed by atoms with Crippen LogP contribution in [0.1, 0.15) is 5.56 Å². The fourth-order valence-corrected chi connectivity index (χ4v) is 4.22. The summed E-state index contributed by atoms with van der Waals surface area (Å²) in [6.45, 7) is 0. The normalized spacial score (nSPS) is 12.0. The molecule has 160 valence electrons. The van der Waals surface area contributed by atoms with Crippen LogP contribution in [-0.2, 0) is 27.2 Å². The lowest BCUT2D eigenvalue weighted by molar-refractivity contribution is 0.602. The van der Waals surface area contributed by atoms with Gasteiger partial charge in [0.2, 0.25) is 0 Å². The van der Waals surface area contributed by atoms with Crippen molar-refractivity contribution in [3.05, 3.63) is 60.4 Å². The van der Waals surface area contributed by atoms with Crippen molar-refractivity contribution in [1.29, 1.82) is 5.26 Å². The number of benzene rings is 2. The molecule has 0 saturated heterocycles. The average Bonchev–Trinajstić information content (AvgIpc) is 2.74. The summed E-state index contributed by atoms with van der Waals surface area (Å²) in [4.78, 5) is 8.80. The molecule has 0 amide bonds. The van der Waals surface area contributed by atoms with E-state index in [0.717, 1.165) is 17.5 Å². The summed E-state index contributed by atoms with van der Waals surface area (Å²) in [6.07, 6.45) is 2.78. The van der Waals surface area contributed by atoms with Crippen molar-refractivity contribution in [3.8, 4) is 6.07 Å². The summed E-state index contributed by atoms with van der Waals surface area (Å²) in [5.41, 5.74) is 1.94. The molecule has 0 bridgehead atoms.